The Balaban J connectivity index is 1.30. The number of fused-ring (bicyclic) bond motifs is 4. The van der Waals surface area contributed by atoms with Crippen molar-refractivity contribution in [1.29, 1.82) is 5.26 Å². The molecule has 2 bridgehead atoms. The molecule has 2 fully saturated rings. The summed E-state index contributed by atoms with van der Waals surface area (Å²) in [6.07, 6.45) is 10.8. The van der Waals surface area contributed by atoms with E-state index in [1.54, 1.807) is 11.3 Å². The Kier molecular flexibility index (Phi) is 4.23. The minimum Gasteiger partial charge on any atom is -0.359 e. The second-order valence-corrected chi connectivity index (χ2v) is 9.82. The fourth-order valence-electron chi connectivity index (χ4n) is 5.20. The summed E-state index contributed by atoms with van der Waals surface area (Å²) < 4.78 is 3.01. The summed E-state index contributed by atoms with van der Waals surface area (Å²) in [4.78, 5) is 16.4. The van der Waals surface area contributed by atoms with Gasteiger partial charge in [0.05, 0.1) is 27.8 Å². The minimum atomic E-state index is 0.492. The number of thiazole rings is 1. The molecule has 0 aromatic carbocycles. The zero-order valence-electron chi connectivity index (χ0n) is 17.5. The summed E-state index contributed by atoms with van der Waals surface area (Å²) in [7, 11) is 2.27. The van der Waals surface area contributed by atoms with Crippen LogP contribution in [0.25, 0.3) is 27.1 Å². The van der Waals surface area contributed by atoms with Crippen LogP contribution in [0.4, 0.5) is 5.13 Å². The van der Waals surface area contributed by atoms with E-state index in [9.17, 15) is 5.26 Å². The molecule has 4 aromatic heterocycles. The Labute approximate surface area is 184 Å². The van der Waals surface area contributed by atoms with Gasteiger partial charge in [0.25, 0.3) is 0 Å². The van der Waals surface area contributed by atoms with Gasteiger partial charge in [-0.3, -0.25) is 4.98 Å². The fraction of sp³-hybridized carbons (Fsp3) is 0.391. The standard InChI is InChI=1S/C23H23N7S/c1-13-11-30-12-15(5-14(9-24)22(30)26-13)19-8-21-20(10-25-19)28-23(31-21)27-16-6-17-3-4-18(7-16)29(17)2/h5,8,10-12,16-18H,3-4,6-7H2,1-2H3,(H,27,28)/t16-,17-,18+. The van der Waals surface area contributed by atoms with Crippen LogP contribution < -0.4 is 5.32 Å². The molecule has 0 unspecified atom stereocenters. The number of hydrogen-bond donors (Lipinski definition) is 1. The predicted octanol–water partition coefficient (Wildman–Crippen LogP) is 4.22. The van der Waals surface area contributed by atoms with Gasteiger partial charge in [0.15, 0.2) is 10.8 Å². The summed E-state index contributed by atoms with van der Waals surface area (Å²) in [5, 5.41) is 14.2. The highest BCUT2D eigenvalue weighted by Crippen LogP contribution is 2.37. The number of hydrogen-bond acceptors (Lipinski definition) is 7. The number of nitrogens with one attached hydrogen (secondary N) is 1. The van der Waals surface area contributed by atoms with Crippen molar-refractivity contribution >= 4 is 32.3 Å². The molecular weight excluding hydrogens is 406 g/mol. The van der Waals surface area contributed by atoms with Crippen LogP contribution in [-0.2, 0) is 0 Å². The zero-order chi connectivity index (χ0) is 21.1. The van der Waals surface area contributed by atoms with E-state index < -0.39 is 0 Å². The van der Waals surface area contributed by atoms with Gasteiger partial charge >= 0.3 is 0 Å². The Hall–Kier alpha value is -3.02. The van der Waals surface area contributed by atoms with Crippen LogP contribution >= 0.6 is 11.3 Å². The molecule has 0 amide bonds. The fourth-order valence-corrected chi connectivity index (χ4v) is 6.15. The number of nitriles is 1. The maximum Gasteiger partial charge on any atom is 0.184 e. The third-order valence-corrected chi connectivity index (χ3v) is 7.74. The minimum absolute atomic E-state index is 0.492. The van der Waals surface area contributed by atoms with Gasteiger partial charge in [-0.1, -0.05) is 11.3 Å². The van der Waals surface area contributed by atoms with Crippen LogP contribution in [0.2, 0.25) is 0 Å². The molecule has 6 heterocycles. The summed E-state index contributed by atoms with van der Waals surface area (Å²) in [6, 6.07) is 8.10. The average Bonchev–Trinajstić information content (AvgIpc) is 3.38. The molecule has 7 nitrogen and oxygen atoms in total. The van der Waals surface area contributed by atoms with E-state index in [-0.39, 0.29) is 0 Å². The monoisotopic (exact) mass is 429 g/mol. The average molecular weight is 430 g/mol. The molecule has 0 saturated carbocycles. The first kappa shape index (κ1) is 18.7. The molecule has 2 aliphatic rings. The van der Waals surface area contributed by atoms with Crippen molar-refractivity contribution in [2.75, 3.05) is 12.4 Å². The first-order valence-corrected chi connectivity index (χ1v) is 11.5. The SMILES string of the molecule is Cc1cn2cc(-c3cc4sc(N[C@@H]5C[C@H]6CC[C@@H](C5)N6C)nc4cn3)cc(C#N)c2n1. The third kappa shape index (κ3) is 3.16. The van der Waals surface area contributed by atoms with Gasteiger partial charge in [-0.25, -0.2) is 9.97 Å². The Morgan fingerprint density at radius 1 is 1.16 bits per heavy atom. The number of piperidine rings is 1. The third-order valence-electron chi connectivity index (χ3n) is 6.79. The van der Waals surface area contributed by atoms with Crippen molar-refractivity contribution in [3.63, 3.8) is 0 Å². The van der Waals surface area contributed by atoms with Crippen LogP contribution in [-0.4, -0.2) is 49.4 Å². The van der Waals surface area contributed by atoms with E-state index in [0.29, 0.717) is 29.3 Å². The van der Waals surface area contributed by atoms with Gasteiger partial charge in [-0.2, -0.15) is 5.26 Å². The van der Waals surface area contributed by atoms with Crippen molar-refractivity contribution in [2.45, 2.75) is 50.7 Å². The van der Waals surface area contributed by atoms with Crippen molar-refractivity contribution in [3.05, 3.63) is 42.0 Å². The lowest BCUT2D eigenvalue weighted by molar-refractivity contribution is 0.169. The van der Waals surface area contributed by atoms with Gasteiger partial charge in [-0.15, -0.1) is 0 Å². The Morgan fingerprint density at radius 3 is 2.74 bits per heavy atom. The van der Waals surface area contributed by atoms with E-state index in [1.807, 2.05) is 36.0 Å². The largest absolute Gasteiger partial charge is 0.359 e. The molecule has 4 aromatic rings. The number of anilines is 1. The second-order valence-electron chi connectivity index (χ2n) is 8.79. The molecule has 156 valence electrons. The molecule has 2 saturated heterocycles. The molecule has 2 aliphatic heterocycles. The predicted molar refractivity (Wildman–Crippen MR) is 122 cm³/mol. The summed E-state index contributed by atoms with van der Waals surface area (Å²) >= 11 is 1.68. The lowest BCUT2D eigenvalue weighted by atomic mass is 9.98. The maximum atomic E-state index is 9.56. The first-order chi connectivity index (χ1) is 15.1. The van der Waals surface area contributed by atoms with Gasteiger partial charge < -0.3 is 14.6 Å². The van der Waals surface area contributed by atoms with E-state index in [1.165, 1.54) is 25.7 Å². The number of aromatic nitrogens is 4. The van der Waals surface area contributed by atoms with E-state index in [2.05, 4.69) is 39.4 Å². The Bertz CT molecular complexity index is 1330. The van der Waals surface area contributed by atoms with Crippen LogP contribution in [0.5, 0.6) is 0 Å². The first-order valence-electron chi connectivity index (χ1n) is 10.7. The van der Waals surface area contributed by atoms with Crippen molar-refractivity contribution in [1.82, 2.24) is 24.3 Å². The number of imidazole rings is 1. The molecule has 31 heavy (non-hydrogen) atoms. The number of rotatable bonds is 3. The van der Waals surface area contributed by atoms with Crippen LogP contribution in [0.1, 0.15) is 36.9 Å². The topological polar surface area (TPSA) is 82.1 Å². The molecular formula is C23H23N7S. The van der Waals surface area contributed by atoms with Gasteiger partial charge in [0.1, 0.15) is 11.6 Å². The van der Waals surface area contributed by atoms with E-state index >= 15 is 0 Å². The van der Waals surface area contributed by atoms with Crippen LogP contribution in [0.15, 0.2) is 30.7 Å². The van der Waals surface area contributed by atoms with Gasteiger partial charge in [0.2, 0.25) is 0 Å². The lowest BCUT2D eigenvalue weighted by Gasteiger charge is -2.36. The Morgan fingerprint density at radius 2 is 1.97 bits per heavy atom. The summed E-state index contributed by atoms with van der Waals surface area (Å²) in [5.74, 6) is 0. The molecule has 0 spiro atoms. The van der Waals surface area contributed by atoms with Crippen molar-refractivity contribution in [2.24, 2.45) is 0 Å². The normalized spacial score (nSPS) is 23.5. The number of pyridine rings is 2. The number of aryl methyl sites for hydroxylation is 1. The summed E-state index contributed by atoms with van der Waals surface area (Å²) in [6.45, 7) is 1.93. The molecule has 3 atom stereocenters. The van der Waals surface area contributed by atoms with Gasteiger partial charge in [0, 0.05) is 36.1 Å². The van der Waals surface area contributed by atoms with Crippen molar-refractivity contribution in [3.8, 4) is 17.3 Å². The second kappa shape index (κ2) is 7.01. The summed E-state index contributed by atoms with van der Waals surface area (Å²) in [5.41, 5.74) is 4.77. The smallest absolute Gasteiger partial charge is 0.184 e. The highest BCUT2D eigenvalue weighted by atomic mass is 32.1. The molecule has 6 rings (SSSR count). The zero-order valence-corrected chi connectivity index (χ0v) is 18.4. The van der Waals surface area contributed by atoms with E-state index in [4.69, 9.17) is 4.98 Å². The van der Waals surface area contributed by atoms with Gasteiger partial charge in [-0.05, 0) is 51.8 Å². The van der Waals surface area contributed by atoms with Crippen LogP contribution in [0, 0.1) is 18.3 Å². The molecule has 1 N–H and O–H groups in total. The molecule has 0 aliphatic carbocycles. The van der Waals surface area contributed by atoms with Crippen LogP contribution in [0.3, 0.4) is 0 Å². The number of nitrogens with zero attached hydrogens (tertiary/aromatic N) is 6. The lowest BCUT2D eigenvalue weighted by Crippen LogP contribution is -2.44. The van der Waals surface area contributed by atoms with Crippen molar-refractivity contribution < 1.29 is 0 Å². The highest BCUT2D eigenvalue weighted by Gasteiger charge is 2.38. The quantitative estimate of drug-likeness (QED) is 0.525. The van der Waals surface area contributed by atoms with E-state index in [0.717, 1.165) is 32.3 Å². The molecule has 8 heteroatoms. The maximum absolute atomic E-state index is 9.56. The highest BCUT2D eigenvalue weighted by molar-refractivity contribution is 7.22. The molecule has 0 radical (unpaired) electrons.